The van der Waals surface area contributed by atoms with Gasteiger partial charge in [-0.15, -0.1) is 0 Å². The van der Waals surface area contributed by atoms with E-state index in [-0.39, 0.29) is 0 Å². The van der Waals surface area contributed by atoms with E-state index in [9.17, 15) is 0 Å². The summed E-state index contributed by atoms with van der Waals surface area (Å²) in [6, 6.07) is 16.8. The number of aromatic nitrogens is 2. The molecule has 0 bridgehead atoms. The molecule has 0 unspecified atom stereocenters. The molecule has 3 aromatic rings. The second-order valence-corrected chi connectivity index (χ2v) is 7.19. The zero-order chi connectivity index (χ0) is 21.2. The van der Waals surface area contributed by atoms with Crippen LogP contribution in [0.15, 0.2) is 65.9 Å². The van der Waals surface area contributed by atoms with E-state index in [2.05, 4.69) is 74.6 Å². The fraction of sp³-hybridized carbons (Fsp3) is 0.333. The number of ether oxygens (including phenoxy) is 1. The van der Waals surface area contributed by atoms with E-state index in [0.29, 0.717) is 0 Å². The van der Waals surface area contributed by atoms with Crippen LogP contribution in [0.4, 0.5) is 0 Å². The van der Waals surface area contributed by atoms with Crippen molar-refractivity contribution >= 4 is 5.96 Å². The molecule has 3 rings (SSSR count). The van der Waals surface area contributed by atoms with Crippen LogP contribution in [0.1, 0.15) is 22.5 Å². The first-order chi connectivity index (χ1) is 14.7. The molecule has 0 aliphatic heterocycles. The summed E-state index contributed by atoms with van der Waals surface area (Å²) < 4.78 is 7.60. The number of aryl methyl sites for hydroxylation is 1. The minimum Gasteiger partial charge on any atom is -0.496 e. The minimum absolute atomic E-state index is 0.768. The number of aliphatic imine (C=N–C) groups is 1. The van der Waals surface area contributed by atoms with Gasteiger partial charge in [0.2, 0.25) is 0 Å². The summed E-state index contributed by atoms with van der Waals surface area (Å²) in [5, 5.41) is 6.75. The van der Waals surface area contributed by atoms with Crippen LogP contribution < -0.4 is 15.4 Å². The standard InChI is InChI=1S/C24H31N5O/c1-19-9-10-20(17-22(19)30-3)11-13-27-24(25-2)28-14-12-23-26-15-16-29(23)18-21-7-5-4-6-8-21/h4-10,15-17H,11-14,18H2,1-3H3,(H2,25,27,28). The van der Waals surface area contributed by atoms with Crippen LogP contribution in [-0.4, -0.2) is 42.8 Å². The van der Waals surface area contributed by atoms with E-state index in [1.165, 1.54) is 11.1 Å². The Morgan fingerprint density at radius 3 is 2.53 bits per heavy atom. The first-order valence-corrected chi connectivity index (χ1v) is 10.3. The molecule has 2 N–H and O–H groups in total. The van der Waals surface area contributed by atoms with Gasteiger partial charge in [-0.2, -0.15) is 0 Å². The highest BCUT2D eigenvalue weighted by molar-refractivity contribution is 5.79. The Hall–Kier alpha value is -3.28. The molecule has 1 aromatic heterocycles. The van der Waals surface area contributed by atoms with Crippen molar-refractivity contribution < 1.29 is 4.74 Å². The molecule has 6 nitrogen and oxygen atoms in total. The third-order valence-electron chi connectivity index (χ3n) is 5.04. The molecule has 1 heterocycles. The van der Waals surface area contributed by atoms with Crippen LogP contribution in [0, 0.1) is 6.92 Å². The molecule has 0 spiro atoms. The van der Waals surface area contributed by atoms with Gasteiger partial charge in [0, 0.05) is 45.5 Å². The first kappa shape index (κ1) is 21.4. The smallest absolute Gasteiger partial charge is 0.191 e. The van der Waals surface area contributed by atoms with Crippen molar-refractivity contribution in [2.75, 3.05) is 27.2 Å². The molecular weight excluding hydrogens is 374 g/mol. The highest BCUT2D eigenvalue weighted by atomic mass is 16.5. The topological polar surface area (TPSA) is 63.5 Å². The molecule has 0 atom stereocenters. The third kappa shape index (κ3) is 6.11. The van der Waals surface area contributed by atoms with Crippen LogP contribution in [0.3, 0.4) is 0 Å². The van der Waals surface area contributed by atoms with Gasteiger partial charge >= 0.3 is 0 Å². The van der Waals surface area contributed by atoms with Gasteiger partial charge in [0.25, 0.3) is 0 Å². The Morgan fingerprint density at radius 2 is 1.80 bits per heavy atom. The average molecular weight is 406 g/mol. The molecule has 0 aliphatic rings. The van der Waals surface area contributed by atoms with Crippen molar-refractivity contribution in [2.45, 2.75) is 26.3 Å². The predicted molar refractivity (Wildman–Crippen MR) is 122 cm³/mol. The van der Waals surface area contributed by atoms with Gasteiger partial charge in [0.15, 0.2) is 5.96 Å². The van der Waals surface area contributed by atoms with Crippen LogP contribution in [0.25, 0.3) is 0 Å². The molecule has 30 heavy (non-hydrogen) atoms. The zero-order valence-electron chi connectivity index (χ0n) is 18.1. The Morgan fingerprint density at radius 1 is 1.03 bits per heavy atom. The summed E-state index contributed by atoms with van der Waals surface area (Å²) in [6.45, 7) is 4.46. The zero-order valence-corrected chi connectivity index (χ0v) is 18.1. The lowest BCUT2D eigenvalue weighted by Gasteiger charge is -2.13. The second-order valence-electron chi connectivity index (χ2n) is 7.19. The van der Waals surface area contributed by atoms with E-state index in [1.54, 1.807) is 14.2 Å². The van der Waals surface area contributed by atoms with Crippen molar-refractivity contribution in [3.05, 3.63) is 83.4 Å². The molecule has 2 aromatic carbocycles. The number of rotatable bonds is 9. The Bertz CT molecular complexity index is 949. The van der Waals surface area contributed by atoms with Gasteiger partial charge in [0.1, 0.15) is 11.6 Å². The Balaban J connectivity index is 1.44. The van der Waals surface area contributed by atoms with Crippen molar-refractivity contribution in [3.63, 3.8) is 0 Å². The lowest BCUT2D eigenvalue weighted by atomic mass is 10.1. The molecule has 158 valence electrons. The van der Waals surface area contributed by atoms with E-state index in [0.717, 1.165) is 55.6 Å². The fourth-order valence-corrected chi connectivity index (χ4v) is 3.35. The van der Waals surface area contributed by atoms with Gasteiger partial charge in [-0.25, -0.2) is 4.98 Å². The highest BCUT2D eigenvalue weighted by Gasteiger charge is 2.05. The number of methoxy groups -OCH3 is 1. The maximum atomic E-state index is 5.41. The van der Waals surface area contributed by atoms with Gasteiger partial charge in [-0.1, -0.05) is 42.5 Å². The maximum Gasteiger partial charge on any atom is 0.191 e. The lowest BCUT2D eigenvalue weighted by Crippen LogP contribution is -2.39. The number of nitrogens with one attached hydrogen (secondary N) is 2. The summed E-state index contributed by atoms with van der Waals surface area (Å²) >= 11 is 0. The van der Waals surface area contributed by atoms with Crippen molar-refractivity contribution in [1.82, 2.24) is 20.2 Å². The molecular formula is C24H31N5O. The SMILES string of the molecule is CN=C(NCCc1ccc(C)c(OC)c1)NCCc1nccn1Cc1ccccc1. The number of hydrogen-bond acceptors (Lipinski definition) is 3. The van der Waals surface area contributed by atoms with E-state index < -0.39 is 0 Å². The summed E-state index contributed by atoms with van der Waals surface area (Å²) in [5.74, 6) is 2.80. The van der Waals surface area contributed by atoms with Crippen molar-refractivity contribution in [3.8, 4) is 5.75 Å². The number of hydrogen-bond donors (Lipinski definition) is 2. The van der Waals surface area contributed by atoms with Gasteiger partial charge in [0.05, 0.1) is 7.11 Å². The molecule has 0 amide bonds. The third-order valence-corrected chi connectivity index (χ3v) is 5.04. The quantitative estimate of drug-likeness (QED) is 0.424. The number of benzene rings is 2. The van der Waals surface area contributed by atoms with Gasteiger partial charge in [-0.05, 0) is 36.1 Å². The minimum atomic E-state index is 0.768. The number of guanidine groups is 1. The second kappa shape index (κ2) is 11.0. The summed E-state index contributed by atoms with van der Waals surface area (Å²) in [7, 11) is 3.50. The lowest BCUT2D eigenvalue weighted by molar-refractivity contribution is 0.411. The van der Waals surface area contributed by atoms with Crippen molar-refractivity contribution in [2.24, 2.45) is 4.99 Å². The molecule has 6 heteroatoms. The molecule has 0 radical (unpaired) electrons. The fourth-order valence-electron chi connectivity index (χ4n) is 3.35. The van der Waals surface area contributed by atoms with E-state index in [1.807, 2.05) is 18.5 Å². The predicted octanol–water partition coefficient (Wildman–Crippen LogP) is 3.20. The normalized spacial score (nSPS) is 11.4. The van der Waals surface area contributed by atoms with Crippen LogP contribution in [0.2, 0.25) is 0 Å². The Kier molecular flexibility index (Phi) is 7.89. The highest BCUT2D eigenvalue weighted by Crippen LogP contribution is 2.19. The number of nitrogens with zero attached hydrogens (tertiary/aromatic N) is 3. The summed E-state index contributed by atoms with van der Waals surface area (Å²) in [5.41, 5.74) is 3.66. The van der Waals surface area contributed by atoms with Crippen LogP contribution >= 0.6 is 0 Å². The summed E-state index contributed by atoms with van der Waals surface area (Å²) in [4.78, 5) is 8.83. The first-order valence-electron chi connectivity index (χ1n) is 10.3. The van der Waals surface area contributed by atoms with Crippen molar-refractivity contribution in [1.29, 1.82) is 0 Å². The van der Waals surface area contributed by atoms with E-state index in [4.69, 9.17) is 4.74 Å². The molecule has 0 saturated carbocycles. The largest absolute Gasteiger partial charge is 0.496 e. The summed E-state index contributed by atoms with van der Waals surface area (Å²) in [6.07, 6.45) is 5.63. The average Bonchev–Trinajstić information content (AvgIpc) is 3.21. The van der Waals surface area contributed by atoms with E-state index >= 15 is 0 Å². The van der Waals surface area contributed by atoms with Crippen LogP contribution in [0.5, 0.6) is 5.75 Å². The molecule has 0 saturated heterocycles. The number of imidazole rings is 1. The monoisotopic (exact) mass is 405 g/mol. The van der Waals surface area contributed by atoms with Gasteiger partial charge in [-0.3, -0.25) is 4.99 Å². The van der Waals surface area contributed by atoms with Gasteiger partial charge < -0.3 is 19.9 Å². The molecule has 0 aliphatic carbocycles. The molecule has 0 fully saturated rings. The Labute approximate surface area is 179 Å². The van der Waals surface area contributed by atoms with Crippen LogP contribution in [-0.2, 0) is 19.4 Å². The maximum absolute atomic E-state index is 5.41.